The van der Waals surface area contributed by atoms with Gasteiger partial charge in [0.2, 0.25) is 0 Å². The number of nitrogens with zero attached hydrogens (tertiary/aromatic N) is 1. The maximum atomic E-state index is 12.8. The topological polar surface area (TPSA) is 111 Å². The van der Waals surface area contributed by atoms with Gasteiger partial charge in [0, 0.05) is 12.8 Å². The van der Waals surface area contributed by atoms with E-state index in [-0.39, 0.29) is 26.1 Å². The summed E-state index contributed by atoms with van der Waals surface area (Å²) >= 11 is 0. The fraction of sp³-hybridized carbons (Fsp3) is 0.636. The number of carbonyl (C=O) groups excluding carboxylic acids is 2. The van der Waals surface area contributed by atoms with Crippen molar-refractivity contribution in [2.45, 2.75) is 225 Å². The standard InChI is InChI=1S/C66H110NO8P/c1-6-8-10-12-14-16-18-20-22-24-25-26-27-28-29-30-31-32-33-34-35-36-37-38-39-40-41-43-45-47-49-51-53-55-57-59-66(69)75-64(63-74-76(70,71)73-61-60-67(3,4)5)62-72-65(68)58-56-54-52-50-48-46-44-42-23-21-19-17-15-13-11-9-7-2/h8-11,14-17,20-23,25-26,28-29,31-32,34-35,44,46,64H,6-7,12-13,18-19,24,27,30,33,36-43,45,47-63H2,1-5H3/b10-8-,11-9-,16-14-,17-15-,22-20-,23-21-,26-25-,29-28-,32-31-,35-34-,46-44-. The molecule has 0 aliphatic rings. The van der Waals surface area contributed by atoms with Crippen molar-refractivity contribution in [2.24, 2.45) is 0 Å². The minimum absolute atomic E-state index is 0.0417. The fourth-order valence-electron chi connectivity index (χ4n) is 7.63. The van der Waals surface area contributed by atoms with E-state index >= 15 is 0 Å². The zero-order chi connectivity index (χ0) is 55.6. The third-order valence-corrected chi connectivity index (χ3v) is 13.1. The highest BCUT2D eigenvalue weighted by Crippen LogP contribution is 2.38. The van der Waals surface area contributed by atoms with Gasteiger partial charge in [0.25, 0.3) is 7.82 Å². The Labute approximate surface area is 466 Å². The maximum Gasteiger partial charge on any atom is 0.306 e. The molecular weight excluding hydrogens is 966 g/mol. The summed E-state index contributed by atoms with van der Waals surface area (Å²) in [5.74, 6) is -0.870. The van der Waals surface area contributed by atoms with Gasteiger partial charge in [-0.1, -0.05) is 231 Å². The molecule has 0 bridgehead atoms. The quantitative estimate of drug-likeness (QED) is 0.0195. The van der Waals surface area contributed by atoms with Gasteiger partial charge < -0.3 is 27.9 Å². The number of phosphoric acid groups is 1. The third kappa shape index (κ3) is 59.4. The monoisotopic (exact) mass is 1080 g/mol. The average Bonchev–Trinajstić information content (AvgIpc) is 3.38. The van der Waals surface area contributed by atoms with Crippen molar-refractivity contribution in [3.8, 4) is 0 Å². The van der Waals surface area contributed by atoms with Crippen LogP contribution in [0.4, 0.5) is 0 Å². The number of phosphoric ester groups is 1. The molecule has 432 valence electrons. The lowest BCUT2D eigenvalue weighted by atomic mass is 10.0. The summed E-state index contributed by atoms with van der Waals surface area (Å²) in [6, 6.07) is 0. The van der Waals surface area contributed by atoms with Crippen LogP contribution in [-0.2, 0) is 32.7 Å². The molecule has 0 amide bonds. The summed E-state index contributed by atoms with van der Waals surface area (Å²) in [5, 5.41) is 0. The van der Waals surface area contributed by atoms with Gasteiger partial charge >= 0.3 is 11.9 Å². The van der Waals surface area contributed by atoms with Crippen molar-refractivity contribution in [1.82, 2.24) is 0 Å². The number of hydrogen-bond donors (Lipinski definition) is 0. The first-order valence-corrected chi connectivity index (χ1v) is 31.4. The van der Waals surface area contributed by atoms with Crippen LogP contribution >= 0.6 is 7.82 Å². The number of quaternary nitrogens is 1. The lowest BCUT2D eigenvalue weighted by Crippen LogP contribution is -2.37. The van der Waals surface area contributed by atoms with Crippen molar-refractivity contribution >= 4 is 19.8 Å². The zero-order valence-electron chi connectivity index (χ0n) is 48.9. The summed E-state index contributed by atoms with van der Waals surface area (Å²) in [6.45, 7) is 3.97. The predicted molar refractivity (Wildman–Crippen MR) is 323 cm³/mol. The molecule has 0 aromatic rings. The second-order valence-electron chi connectivity index (χ2n) is 20.6. The van der Waals surface area contributed by atoms with Gasteiger partial charge in [0.05, 0.1) is 27.7 Å². The Balaban J connectivity index is 4.13. The molecule has 0 N–H and O–H groups in total. The predicted octanol–water partition coefficient (Wildman–Crippen LogP) is 18.3. The third-order valence-electron chi connectivity index (χ3n) is 12.2. The normalized spacial score (nSPS) is 14.2. The first-order valence-electron chi connectivity index (χ1n) is 29.9. The molecule has 0 aliphatic heterocycles. The second kappa shape index (κ2) is 55.9. The van der Waals surface area contributed by atoms with E-state index in [1.807, 2.05) is 21.1 Å². The van der Waals surface area contributed by atoms with E-state index in [9.17, 15) is 19.0 Å². The van der Waals surface area contributed by atoms with Crippen molar-refractivity contribution in [3.05, 3.63) is 134 Å². The number of carbonyl (C=O) groups is 2. The van der Waals surface area contributed by atoms with E-state index in [0.717, 1.165) is 116 Å². The average molecular weight is 1080 g/mol. The van der Waals surface area contributed by atoms with Crippen LogP contribution in [0.2, 0.25) is 0 Å². The molecule has 2 unspecified atom stereocenters. The molecule has 0 rings (SSSR count). The van der Waals surface area contributed by atoms with Crippen LogP contribution in [-0.4, -0.2) is 70.0 Å². The van der Waals surface area contributed by atoms with Gasteiger partial charge in [0.1, 0.15) is 19.8 Å². The fourth-order valence-corrected chi connectivity index (χ4v) is 8.36. The SMILES string of the molecule is CC/C=C\C/C=C\C/C=C\C/C=C\C/C=C\C/C=C\C/C=C\CCCCCCCCCCCCCCCC(=O)OC(COC(=O)CCCCCC/C=C\C/C=C\C/C=C\C/C=C\CC)COP(=O)([O-])OCC[N+](C)(C)C. The van der Waals surface area contributed by atoms with Crippen LogP contribution in [0, 0.1) is 0 Å². The molecule has 76 heavy (non-hydrogen) atoms. The van der Waals surface area contributed by atoms with Crippen molar-refractivity contribution in [3.63, 3.8) is 0 Å². The largest absolute Gasteiger partial charge is 0.756 e. The summed E-state index contributed by atoms with van der Waals surface area (Å²) in [7, 11) is 1.13. The van der Waals surface area contributed by atoms with Crippen LogP contribution in [0.25, 0.3) is 0 Å². The highest BCUT2D eigenvalue weighted by atomic mass is 31.2. The van der Waals surface area contributed by atoms with Crippen molar-refractivity contribution in [2.75, 3.05) is 47.5 Å². The van der Waals surface area contributed by atoms with E-state index in [4.69, 9.17) is 18.5 Å². The number of allylic oxidation sites excluding steroid dienone is 22. The molecule has 9 nitrogen and oxygen atoms in total. The van der Waals surface area contributed by atoms with Gasteiger partial charge in [-0.2, -0.15) is 0 Å². The Kier molecular flexibility index (Phi) is 53.1. The lowest BCUT2D eigenvalue weighted by molar-refractivity contribution is -0.870. The Hall–Kier alpha value is -3.85. The number of rotatable bonds is 53. The van der Waals surface area contributed by atoms with Crippen LogP contribution in [0.5, 0.6) is 0 Å². The number of likely N-dealkylation sites (N-methyl/N-ethyl adjacent to an activating group) is 1. The summed E-state index contributed by atoms with van der Waals surface area (Å²) in [4.78, 5) is 37.9. The Bertz CT molecular complexity index is 1740. The van der Waals surface area contributed by atoms with Crippen LogP contribution < -0.4 is 4.89 Å². The highest BCUT2D eigenvalue weighted by Gasteiger charge is 2.21. The number of unbranched alkanes of at least 4 members (excludes halogenated alkanes) is 17. The molecule has 0 spiro atoms. The van der Waals surface area contributed by atoms with E-state index in [1.54, 1.807) is 0 Å². The molecule has 0 aliphatic carbocycles. The van der Waals surface area contributed by atoms with Gasteiger partial charge in [-0.3, -0.25) is 14.2 Å². The minimum atomic E-state index is -4.65. The molecule has 0 heterocycles. The number of hydrogen-bond acceptors (Lipinski definition) is 8. The lowest BCUT2D eigenvalue weighted by Gasteiger charge is -2.28. The second-order valence-corrected chi connectivity index (χ2v) is 22.0. The zero-order valence-corrected chi connectivity index (χ0v) is 49.8. The minimum Gasteiger partial charge on any atom is -0.756 e. The maximum absolute atomic E-state index is 12.8. The smallest absolute Gasteiger partial charge is 0.306 e. The molecule has 0 aromatic heterocycles. The van der Waals surface area contributed by atoms with E-state index in [1.165, 1.54) is 64.2 Å². The van der Waals surface area contributed by atoms with Crippen LogP contribution in [0.3, 0.4) is 0 Å². The molecule has 0 saturated heterocycles. The van der Waals surface area contributed by atoms with E-state index in [2.05, 4.69) is 148 Å². The molecule has 0 fully saturated rings. The first-order chi connectivity index (χ1) is 37.0. The van der Waals surface area contributed by atoms with Crippen LogP contribution in [0.1, 0.15) is 219 Å². The molecule has 0 saturated carbocycles. The Morgan fingerprint density at radius 2 is 0.711 bits per heavy atom. The van der Waals surface area contributed by atoms with Gasteiger partial charge in [0.15, 0.2) is 6.10 Å². The van der Waals surface area contributed by atoms with Crippen molar-refractivity contribution < 1.29 is 42.1 Å². The number of ether oxygens (including phenoxy) is 2. The van der Waals surface area contributed by atoms with Crippen LogP contribution in [0.15, 0.2) is 134 Å². The summed E-state index contributed by atoms with van der Waals surface area (Å²) < 4.78 is 34.1. The molecular formula is C66H110NO8P. The Morgan fingerprint density at radius 3 is 1.05 bits per heavy atom. The number of esters is 2. The van der Waals surface area contributed by atoms with E-state index in [0.29, 0.717) is 23.9 Å². The molecule has 10 heteroatoms. The molecule has 2 atom stereocenters. The van der Waals surface area contributed by atoms with Crippen molar-refractivity contribution in [1.29, 1.82) is 0 Å². The van der Waals surface area contributed by atoms with E-state index < -0.39 is 32.5 Å². The summed E-state index contributed by atoms with van der Waals surface area (Å²) in [5.41, 5.74) is 0. The van der Waals surface area contributed by atoms with Gasteiger partial charge in [-0.15, -0.1) is 0 Å². The summed E-state index contributed by atoms with van der Waals surface area (Å²) in [6.07, 6.45) is 80.8. The van der Waals surface area contributed by atoms with Gasteiger partial charge in [-0.25, -0.2) is 0 Å². The first kappa shape index (κ1) is 72.2. The molecule has 0 radical (unpaired) electrons. The molecule has 0 aromatic carbocycles. The highest BCUT2D eigenvalue weighted by molar-refractivity contribution is 7.45. The van der Waals surface area contributed by atoms with Gasteiger partial charge in [-0.05, 0) is 109 Å². The Morgan fingerprint density at radius 1 is 0.408 bits per heavy atom.